The van der Waals surface area contributed by atoms with Gasteiger partial charge in [-0.05, 0) is 67.4 Å². The number of carbonyl (C=O) groups excluding carboxylic acids is 1. The number of anilines is 1. The third-order valence-corrected chi connectivity index (χ3v) is 5.70. The molecule has 1 N–H and O–H groups in total. The van der Waals surface area contributed by atoms with Crippen molar-refractivity contribution in [3.05, 3.63) is 102 Å². The first-order valence-corrected chi connectivity index (χ1v) is 11.0. The summed E-state index contributed by atoms with van der Waals surface area (Å²) in [5, 5.41) is 3.85. The molecule has 168 valence electrons. The van der Waals surface area contributed by atoms with E-state index in [-0.39, 0.29) is 5.91 Å². The number of hydrogen-bond donors (Lipinski definition) is 1. The Bertz CT molecular complexity index is 1510. The lowest BCUT2D eigenvalue weighted by Gasteiger charge is -2.13. The van der Waals surface area contributed by atoms with Gasteiger partial charge < -0.3 is 14.6 Å². The molecule has 3 aromatic heterocycles. The maximum absolute atomic E-state index is 12.9. The minimum Gasteiger partial charge on any atom is -0.456 e. The first-order chi connectivity index (χ1) is 16.5. The molecule has 0 atom stereocenters. The fourth-order valence-corrected chi connectivity index (χ4v) is 3.84. The van der Waals surface area contributed by atoms with Gasteiger partial charge in [-0.15, -0.1) is 0 Å². The van der Waals surface area contributed by atoms with Gasteiger partial charge in [-0.3, -0.25) is 9.78 Å². The highest BCUT2D eigenvalue weighted by Gasteiger charge is 2.15. The van der Waals surface area contributed by atoms with Gasteiger partial charge in [0.15, 0.2) is 0 Å². The lowest BCUT2D eigenvalue weighted by Crippen LogP contribution is -2.12. The number of ether oxygens (including phenoxy) is 1. The van der Waals surface area contributed by atoms with Crippen molar-refractivity contribution in [1.82, 2.24) is 14.5 Å². The molecule has 34 heavy (non-hydrogen) atoms. The molecule has 3 heterocycles. The van der Waals surface area contributed by atoms with Crippen LogP contribution in [0.1, 0.15) is 21.5 Å². The predicted octanol–water partition coefficient (Wildman–Crippen LogP) is 6.30. The van der Waals surface area contributed by atoms with Crippen LogP contribution in [-0.2, 0) is 7.05 Å². The van der Waals surface area contributed by atoms with Crippen molar-refractivity contribution in [1.29, 1.82) is 0 Å². The summed E-state index contributed by atoms with van der Waals surface area (Å²) in [5.41, 5.74) is 5.77. The van der Waals surface area contributed by atoms with E-state index in [1.165, 1.54) is 0 Å². The average molecular weight is 449 g/mol. The number of hydrogen-bond acceptors (Lipinski definition) is 4. The van der Waals surface area contributed by atoms with Crippen LogP contribution in [0.5, 0.6) is 11.5 Å². The number of rotatable bonds is 5. The summed E-state index contributed by atoms with van der Waals surface area (Å²) in [6.07, 6.45) is 5.47. The molecule has 5 aromatic rings. The second kappa shape index (κ2) is 8.83. The van der Waals surface area contributed by atoms with Gasteiger partial charge in [-0.1, -0.05) is 18.2 Å². The molecule has 0 aliphatic rings. The minimum atomic E-state index is -0.189. The summed E-state index contributed by atoms with van der Waals surface area (Å²) in [4.78, 5) is 21.9. The fourth-order valence-electron chi connectivity index (χ4n) is 3.84. The van der Waals surface area contributed by atoms with Crippen molar-refractivity contribution in [3.63, 3.8) is 0 Å². The van der Waals surface area contributed by atoms with Crippen molar-refractivity contribution in [2.45, 2.75) is 13.8 Å². The molecule has 5 rings (SSSR count). The van der Waals surface area contributed by atoms with Crippen LogP contribution in [0, 0.1) is 13.8 Å². The van der Waals surface area contributed by atoms with Crippen LogP contribution in [0.15, 0.2) is 85.3 Å². The quantitative estimate of drug-likeness (QED) is 0.343. The number of carbonyl (C=O) groups is 1. The summed E-state index contributed by atoms with van der Waals surface area (Å²) in [6.45, 7) is 3.95. The van der Waals surface area contributed by atoms with Gasteiger partial charge in [-0.25, -0.2) is 4.98 Å². The highest BCUT2D eigenvalue weighted by Crippen LogP contribution is 2.35. The van der Waals surface area contributed by atoms with E-state index in [9.17, 15) is 4.79 Å². The van der Waals surface area contributed by atoms with Crippen LogP contribution in [0.2, 0.25) is 0 Å². The van der Waals surface area contributed by atoms with Gasteiger partial charge in [-0.2, -0.15) is 0 Å². The van der Waals surface area contributed by atoms with Gasteiger partial charge >= 0.3 is 0 Å². The van der Waals surface area contributed by atoms with Crippen LogP contribution in [0.4, 0.5) is 5.69 Å². The lowest BCUT2D eigenvalue weighted by atomic mass is 10.1. The van der Waals surface area contributed by atoms with Gasteiger partial charge in [0, 0.05) is 48.5 Å². The zero-order valence-corrected chi connectivity index (χ0v) is 19.2. The number of amides is 1. The Kier molecular flexibility index (Phi) is 5.55. The standard InChI is InChI=1S/C28H24N4O2/c1-18-6-4-8-22(14-18)30-28(33)20-10-9-19(2)25(15-20)34-26-16-24(21-7-5-12-29-17-21)31-27-23(26)11-13-32(27)3/h4-17H,1-3H3,(H,30,33). The molecular formula is C28H24N4O2. The molecular weight excluding hydrogens is 424 g/mol. The molecule has 0 aliphatic carbocycles. The van der Waals surface area contributed by atoms with Crippen LogP contribution in [-0.4, -0.2) is 20.4 Å². The average Bonchev–Trinajstić information content (AvgIpc) is 3.22. The van der Waals surface area contributed by atoms with Gasteiger partial charge in [0.1, 0.15) is 17.1 Å². The van der Waals surface area contributed by atoms with Crippen LogP contribution < -0.4 is 10.1 Å². The monoisotopic (exact) mass is 448 g/mol. The van der Waals surface area contributed by atoms with Gasteiger partial charge in [0.25, 0.3) is 5.91 Å². The second-order valence-corrected chi connectivity index (χ2v) is 8.32. The number of aromatic nitrogens is 3. The number of benzene rings is 2. The maximum atomic E-state index is 12.9. The Labute approximate surface area is 197 Å². The van der Waals surface area contributed by atoms with Crippen molar-refractivity contribution < 1.29 is 9.53 Å². The SMILES string of the molecule is Cc1cccc(NC(=O)c2ccc(C)c(Oc3cc(-c4cccnc4)nc4c3ccn4C)c2)c1. The van der Waals surface area contributed by atoms with Crippen molar-refractivity contribution in [2.24, 2.45) is 7.05 Å². The molecule has 6 nitrogen and oxygen atoms in total. The molecule has 0 spiro atoms. The normalized spacial score (nSPS) is 10.9. The zero-order chi connectivity index (χ0) is 23.7. The lowest BCUT2D eigenvalue weighted by molar-refractivity contribution is 0.102. The van der Waals surface area contributed by atoms with Crippen LogP contribution in [0.3, 0.4) is 0 Å². The van der Waals surface area contributed by atoms with Gasteiger partial charge in [0.2, 0.25) is 0 Å². The van der Waals surface area contributed by atoms with Crippen LogP contribution in [0.25, 0.3) is 22.3 Å². The third kappa shape index (κ3) is 4.26. The molecule has 1 amide bonds. The summed E-state index contributed by atoms with van der Waals surface area (Å²) in [6, 6.07) is 20.9. The molecule has 0 saturated heterocycles. The van der Waals surface area contributed by atoms with E-state index >= 15 is 0 Å². The number of aryl methyl sites for hydroxylation is 3. The molecule has 0 unspecified atom stereocenters. The number of nitrogens with zero attached hydrogens (tertiary/aromatic N) is 3. The Balaban J connectivity index is 1.51. The van der Waals surface area contributed by atoms with Crippen LogP contribution >= 0.6 is 0 Å². The van der Waals surface area contributed by atoms with E-state index < -0.39 is 0 Å². The van der Waals surface area contributed by atoms with Gasteiger partial charge in [0.05, 0.1) is 11.1 Å². The van der Waals surface area contributed by atoms with E-state index in [0.717, 1.165) is 39.1 Å². The van der Waals surface area contributed by atoms with Crippen molar-refractivity contribution >= 4 is 22.6 Å². The zero-order valence-electron chi connectivity index (χ0n) is 19.2. The third-order valence-electron chi connectivity index (χ3n) is 5.70. The Hall–Kier alpha value is -4.45. The highest BCUT2D eigenvalue weighted by molar-refractivity contribution is 6.04. The van der Waals surface area contributed by atoms with Crippen molar-refractivity contribution in [2.75, 3.05) is 5.32 Å². The largest absolute Gasteiger partial charge is 0.456 e. The summed E-state index contributed by atoms with van der Waals surface area (Å²) in [5.74, 6) is 1.10. The first-order valence-electron chi connectivity index (χ1n) is 11.0. The number of fused-ring (bicyclic) bond motifs is 1. The van der Waals surface area contributed by atoms with E-state index in [1.807, 2.05) is 86.3 Å². The summed E-state index contributed by atoms with van der Waals surface area (Å²) in [7, 11) is 1.95. The Morgan fingerprint density at radius 2 is 1.85 bits per heavy atom. The number of pyridine rings is 2. The number of nitrogens with one attached hydrogen (secondary N) is 1. The highest BCUT2D eigenvalue weighted by atomic mass is 16.5. The molecule has 2 aromatic carbocycles. The minimum absolute atomic E-state index is 0.189. The van der Waals surface area contributed by atoms with E-state index in [2.05, 4.69) is 10.3 Å². The molecule has 0 aliphatic heterocycles. The molecule has 0 fully saturated rings. The summed E-state index contributed by atoms with van der Waals surface area (Å²) < 4.78 is 8.36. The molecule has 0 bridgehead atoms. The van der Waals surface area contributed by atoms with Crippen molar-refractivity contribution in [3.8, 4) is 22.8 Å². The molecule has 6 heteroatoms. The van der Waals surface area contributed by atoms with E-state index in [0.29, 0.717) is 17.1 Å². The Morgan fingerprint density at radius 1 is 0.971 bits per heavy atom. The molecule has 0 radical (unpaired) electrons. The second-order valence-electron chi connectivity index (χ2n) is 8.32. The first kappa shape index (κ1) is 21.4. The summed E-state index contributed by atoms with van der Waals surface area (Å²) >= 11 is 0. The van der Waals surface area contributed by atoms with E-state index in [4.69, 9.17) is 9.72 Å². The topological polar surface area (TPSA) is 69.0 Å². The predicted molar refractivity (Wildman–Crippen MR) is 134 cm³/mol. The fraction of sp³-hybridized carbons (Fsp3) is 0.107. The maximum Gasteiger partial charge on any atom is 0.255 e. The van der Waals surface area contributed by atoms with E-state index in [1.54, 1.807) is 24.5 Å². The smallest absolute Gasteiger partial charge is 0.255 e. The molecule has 0 saturated carbocycles. The Morgan fingerprint density at radius 3 is 2.65 bits per heavy atom.